The fourth-order valence-corrected chi connectivity index (χ4v) is 1.82. The highest BCUT2D eigenvalue weighted by Crippen LogP contribution is 2.11. The molecule has 0 fully saturated rings. The molecular weight excluding hydrogens is 258 g/mol. The van der Waals surface area contributed by atoms with E-state index in [0.717, 1.165) is 24.5 Å². The number of amides is 1. The van der Waals surface area contributed by atoms with Gasteiger partial charge in [0.15, 0.2) is 0 Å². The van der Waals surface area contributed by atoms with Gasteiger partial charge in [-0.3, -0.25) is 4.79 Å². The summed E-state index contributed by atoms with van der Waals surface area (Å²) in [7, 11) is 0. The smallest absolute Gasteiger partial charge is 0.251 e. The van der Waals surface area contributed by atoms with Crippen molar-refractivity contribution < 1.29 is 4.79 Å². The van der Waals surface area contributed by atoms with Gasteiger partial charge in [0.05, 0.1) is 0 Å². The molecule has 0 saturated heterocycles. The molecule has 106 valence electrons. The summed E-state index contributed by atoms with van der Waals surface area (Å²) in [5.74, 6) is 0.732. The maximum Gasteiger partial charge on any atom is 0.251 e. The molecule has 5 heteroatoms. The fraction of sp³-hybridized carbons (Fsp3) is 0.571. The zero-order chi connectivity index (χ0) is 14.3. The zero-order valence-electron chi connectivity index (χ0n) is 12.1. The third-order valence-electron chi connectivity index (χ3n) is 2.72. The molecule has 0 saturated carbocycles. The number of pyridine rings is 1. The second-order valence-electron chi connectivity index (χ2n) is 4.57. The Labute approximate surface area is 119 Å². The summed E-state index contributed by atoms with van der Waals surface area (Å²) in [6, 6.07) is 3.62. The Morgan fingerprint density at radius 2 is 2.21 bits per heavy atom. The molecule has 19 heavy (non-hydrogen) atoms. The van der Waals surface area contributed by atoms with E-state index < -0.39 is 0 Å². The number of nitrogens with one attached hydrogen (secondary N) is 2. The number of rotatable bonds is 7. The molecule has 0 bridgehead atoms. The van der Waals surface area contributed by atoms with Crippen LogP contribution in [0.3, 0.4) is 0 Å². The lowest BCUT2D eigenvalue weighted by molar-refractivity contribution is 0.0954. The Hall–Kier alpha value is -1.23. The van der Waals surface area contributed by atoms with Crippen LogP contribution in [0.15, 0.2) is 12.1 Å². The number of carbonyl (C=O) groups excluding carboxylic acids is 1. The van der Waals surface area contributed by atoms with Crippen molar-refractivity contribution in [1.82, 2.24) is 10.3 Å². The van der Waals surface area contributed by atoms with E-state index in [9.17, 15) is 4.79 Å². The normalized spacial score (nSPS) is 12.0. The Bertz CT molecular complexity index is 423. The summed E-state index contributed by atoms with van der Waals surface area (Å²) in [6.45, 7) is 7.63. The standard InChI is InChI=1S/C14H23N3OS/c1-5-6-15-13-8-12(7-10(2)17-13)14(18)16-9-11(3)19-4/h7-8,11H,5-6,9H2,1-4H3,(H,15,17)(H,16,18). The van der Waals surface area contributed by atoms with E-state index in [0.29, 0.717) is 17.4 Å². The van der Waals surface area contributed by atoms with Crippen molar-refractivity contribution in [1.29, 1.82) is 0 Å². The molecule has 1 atom stereocenters. The first-order valence-electron chi connectivity index (χ1n) is 6.60. The quantitative estimate of drug-likeness (QED) is 0.807. The van der Waals surface area contributed by atoms with Crippen molar-refractivity contribution in [3.05, 3.63) is 23.4 Å². The van der Waals surface area contributed by atoms with Gasteiger partial charge in [0, 0.05) is 29.6 Å². The largest absolute Gasteiger partial charge is 0.370 e. The minimum absolute atomic E-state index is 0.0362. The molecule has 1 unspecified atom stereocenters. The molecule has 1 rings (SSSR count). The predicted octanol–water partition coefficient (Wildman–Crippen LogP) is 2.69. The van der Waals surface area contributed by atoms with Gasteiger partial charge >= 0.3 is 0 Å². The molecule has 0 aliphatic rings. The van der Waals surface area contributed by atoms with Crippen molar-refractivity contribution >= 4 is 23.5 Å². The first-order valence-corrected chi connectivity index (χ1v) is 7.89. The maximum absolute atomic E-state index is 12.1. The van der Waals surface area contributed by atoms with Gasteiger partial charge in [-0.25, -0.2) is 4.98 Å². The highest BCUT2D eigenvalue weighted by molar-refractivity contribution is 7.99. The van der Waals surface area contributed by atoms with Crippen molar-refractivity contribution in [2.24, 2.45) is 0 Å². The third kappa shape index (κ3) is 5.51. The zero-order valence-corrected chi connectivity index (χ0v) is 12.9. The number of hydrogen-bond donors (Lipinski definition) is 2. The number of hydrogen-bond acceptors (Lipinski definition) is 4. The van der Waals surface area contributed by atoms with Gasteiger partial charge in [-0.05, 0) is 31.7 Å². The Morgan fingerprint density at radius 3 is 2.84 bits per heavy atom. The summed E-state index contributed by atoms with van der Waals surface area (Å²) >= 11 is 1.74. The molecule has 1 amide bonds. The van der Waals surface area contributed by atoms with E-state index >= 15 is 0 Å². The van der Waals surface area contributed by atoms with Crippen LogP contribution in [0.2, 0.25) is 0 Å². The maximum atomic E-state index is 12.1. The topological polar surface area (TPSA) is 54.0 Å². The van der Waals surface area contributed by atoms with Crippen molar-refractivity contribution in [2.45, 2.75) is 32.4 Å². The lowest BCUT2D eigenvalue weighted by Crippen LogP contribution is -2.29. The number of aromatic nitrogens is 1. The van der Waals surface area contributed by atoms with Gasteiger partial charge in [-0.1, -0.05) is 13.8 Å². The molecule has 1 aromatic rings. The number of aryl methyl sites for hydroxylation is 1. The molecule has 0 spiro atoms. The minimum Gasteiger partial charge on any atom is -0.370 e. The Kier molecular flexibility index (Phi) is 6.70. The Morgan fingerprint density at radius 1 is 1.47 bits per heavy atom. The third-order valence-corrected chi connectivity index (χ3v) is 3.70. The first-order chi connectivity index (χ1) is 9.06. The number of nitrogens with zero attached hydrogens (tertiary/aromatic N) is 1. The van der Waals surface area contributed by atoms with Crippen molar-refractivity contribution in [2.75, 3.05) is 24.7 Å². The second-order valence-corrected chi connectivity index (χ2v) is 5.84. The van der Waals surface area contributed by atoms with Crippen LogP contribution in [0.25, 0.3) is 0 Å². The number of carbonyl (C=O) groups is 1. The van der Waals surface area contributed by atoms with Crippen LogP contribution >= 0.6 is 11.8 Å². The summed E-state index contributed by atoms with van der Waals surface area (Å²) in [4.78, 5) is 16.4. The number of thioether (sulfide) groups is 1. The van der Waals surface area contributed by atoms with Gasteiger partial charge in [0.2, 0.25) is 0 Å². The van der Waals surface area contributed by atoms with Gasteiger partial charge in [0.25, 0.3) is 5.91 Å². The highest BCUT2D eigenvalue weighted by atomic mass is 32.2. The van der Waals surface area contributed by atoms with Crippen LogP contribution in [0.5, 0.6) is 0 Å². The molecule has 0 radical (unpaired) electrons. The first kappa shape index (κ1) is 15.8. The molecule has 2 N–H and O–H groups in total. The molecule has 0 aliphatic heterocycles. The van der Waals surface area contributed by atoms with Gasteiger partial charge < -0.3 is 10.6 Å². The summed E-state index contributed by atoms with van der Waals surface area (Å²) in [5.41, 5.74) is 1.52. The average Bonchev–Trinajstić information content (AvgIpc) is 2.41. The lowest BCUT2D eigenvalue weighted by Gasteiger charge is -2.11. The molecule has 1 heterocycles. The lowest BCUT2D eigenvalue weighted by atomic mass is 10.2. The van der Waals surface area contributed by atoms with Crippen LogP contribution in [0.4, 0.5) is 5.82 Å². The summed E-state index contributed by atoms with van der Waals surface area (Å²) < 4.78 is 0. The van der Waals surface area contributed by atoms with Crippen LogP contribution in [-0.2, 0) is 0 Å². The minimum atomic E-state index is -0.0362. The van der Waals surface area contributed by atoms with E-state index in [4.69, 9.17) is 0 Å². The van der Waals surface area contributed by atoms with E-state index in [1.165, 1.54) is 0 Å². The molecular formula is C14H23N3OS. The van der Waals surface area contributed by atoms with E-state index in [-0.39, 0.29) is 5.91 Å². The summed E-state index contributed by atoms with van der Waals surface area (Å²) in [6.07, 6.45) is 3.07. The van der Waals surface area contributed by atoms with Crippen LogP contribution < -0.4 is 10.6 Å². The van der Waals surface area contributed by atoms with Gasteiger partial charge in [-0.15, -0.1) is 0 Å². The molecule has 0 aromatic carbocycles. The van der Waals surface area contributed by atoms with E-state index in [1.54, 1.807) is 11.8 Å². The second kappa shape index (κ2) is 8.04. The molecule has 0 aliphatic carbocycles. The highest BCUT2D eigenvalue weighted by Gasteiger charge is 2.09. The van der Waals surface area contributed by atoms with Crippen molar-refractivity contribution in [3.8, 4) is 0 Å². The van der Waals surface area contributed by atoms with Gasteiger partial charge in [-0.2, -0.15) is 11.8 Å². The average molecular weight is 281 g/mol. The number of anilines is 1. The van der Waals surface area contributed by atoms with Crippen LogP contribution in [0.1, 0.15) is 36.3 Å². The Balaban J connectivity index is 2.70. The van der Waals surface area contributed by atoms with Gasteiger partial charge in [0.1, 0.15) is 5.82 Å². The van der Waals surface area contributed by atoms with E-state index in [2.05, 4.69) is 29.5 Å². The molecule has 1 aromatic heterocycles. The SMILES string of the molecule is CCCNc1cc(C(=O)NCC(C)SC)cc(C)n1. The fourth-order valence-electron chi connectivity index (χ4n) is 1.57. The predicted molar refractivity (Wildman–Crippen MR) is 83.1 cm³/mol. The van der Waals surface area contributed by atoms with E-state index in [1.807, 2.05) is 25.3 Å². The van der Waals surface area contributed by atoms with Crippen LogP contribution in [0, 0.1) is 6.92 Å². The van der Waals surface area contributed by atoms with Crippen molar-refractivity contribution in [3.63, 3.8) is 0 Å². The van der Waals surface area contributed by atoms with Crippen LogP contribution in [-0.4, -0.2) is 35.5 Å². The summed E-state index contributed by atoms with van der Waals surface area (Å²) in [5, 5.41) is 6.58. The molecule has 4 nitrogen and oxygen atoms in total. The monoisotopic (exact) mass is 281 g/mol.